The lowest BCUT2D eigenvalue weighted by Crippen LogP contribution is -2.36. The van der Waals surface area contributed by atoms with E-state index in [-0.39, 0.29) is 18.1 Å². The number of nitrogens with zero attached hydrogens (tertiary/aromatic N) is 1. The van der Waals surface area contributed by atoms with Crippen molar-refractivity contribution in [2.75, 3.05) is 26.2 Å². The van der Waals surface area contributed by atoms with Gasteiger partial charge >= 0.3 is 0 Å². The minimum atomic E-state index is 0.110. The van der Waals surface area contributed by atoms with Gasteiger partial charge in [-0.05, 0) is 43.0 Å². The molecule has 0 bridgehead atoms. The van der Waals surface area contributed by atoms with E-state index in [9.17, 15) is 10.2 Å². The summed E-state index contributed by atoms with van der Waals surface area (Å²) < 4.78 is 0. The lowest BCUT2D eigenvalue weighted by atomic mass is 9.90. The van der Waals surface area contributed by atoms with Crippen molar-refractivity contribution in [3.05, 3.63) is 23.8 Å². The molecular weight excluding hydrogens is 218 g/mol. The third-order valence-corrected chi connectivity index (χ3v) is 3.32. The summed E-state index contributed by atoms with van der Waals surface area (Å²) in [6.07, 6.45) is 2.14. The lowest BCUT2D eigenvalue weighted by molar-refractivity contribution is 0.161. The first-order valence-electron chi connectivity index (χ1n) is 6.05. The number of phenolic OH excluding ortho intramolecular Hbond substituents is 2. The van der Waals surface area contributed by atoms with E-state index in [0.717, 1.165) is 31.5 Å². The number of rotatable bonds is 3. The Morgan fingerprint density at radius 3 is 2.53 bits per heavy atom. The van der Waals surface area contributed by atoms with E-state index < -0.39 is 0 Å². The molecule has 0 amide bonds. The van der Waals surface area contributed by atoms with Crippen molar-refractivity contribution < 1.29 is 15.3 Å². The van der Waals surface area contributed by atoms with Gasteiger partial charge < -0.3 is 20.2 Å². The molecule has 0 spiro atoms. The van der Waals surface area contributed by atoms with Crippen molar-refractivity contribution in [1.29, 1.82) is 0 Å². The Balaban J connectivity index is 2.10. The summed E-state index contributed by atoms with van der Waals surface area (Å²) in [6.45, 7) is 2.77. The number of piperidine rings is 1. The SMILES string of the molecule is OCCN1CCCC(c2cc(O)cc(O)c2)C1. The van der Waals surface area contributed by atoms with Crippen molar-refractivity contribution in [1.82, 2.24) is 4.90 Å². The number of aromatic hydroxyl groups is 2. The number of hydrogen-bond acceptors (Lipinski definition) is 4. The standard InChI is InChI=1S/C13H19NO3/c15-5-4-14-3-1-2-10(9-14)11-6-12(16)8-13(17)7-11/h6-8,10,15-17H,1-5,9H2. The number of benzene rings is 1. The first kappa shape index (κ1) is 12.2. The molecule has 4 nitrogen and oxygen atoms in total. The number of β-amino-alcohol motifs (C(OH)–C–C–N with tert-alkyl or cyclic N) is 1. The monoisotopic (exact) mass is 237 g/mol. The van der Waals surface area contributed by atoms with Crippen LogP contribution >= 0.6 is 0 Å². The van der Waals surface area contributed by atoms with Crippen LogP contribution in [-0.4, -0.2) is 46.5 Å². The van der Waals surface area contributed by atoms with Gasteiger partial charge in [0.2, 0.25) is 0 Å². The molecular formula is C13H19NO3. The molecule has 1 aromatic rings. The van der Waals surface area contributed by atoms with Crippen molar-refractivity contribution >= 4 is 0 Å². The third kappa shape index (κ3) is 3.11. The molecule has 0 aliphatic carbocycles. The molecule has 0 radical (unpaired) electrons. The van der Waals surface area contributed by atoms with Crippen LogP contribution in [-0.2, 0) is 0 Å². The molecule has 17 heavy (non-hydrogen) atoms. The molecule has 94 valence electrons. The highest BCUT2D eigenvalue weighted by atomic mass is 16.3. The van der Waals surface area contributed by atoms with E-state index in [0.29, 0.717) is 12.5 Å². The molecule has 1 fully saturated rings. The van der Waals surface area contributed by atoms with Gasteiger partial charge in [-0.2, -0.15) is 0 Å². The average Bonchev–Trinajstić information content (AvgIpc) is 2.28. The molecule has 1 aromatic carbocycles. The number of aliphatic hydroxyl groups excluding tert-OH is 1. The fraction of sp³-hybridized carbons (Fsp3) is 0.538. The van der Waals surface area contributed by atoms with E-state index >= 15 is 0 Å². The molecule has 1 atom stereocenters. The summed E-state index contributed by atoms with van der Waals surface area (Å²) in [6, 6.07) is 4.78. The van der Waals surface area contributed by atoms with E-state index in [1.54, 1.807) is 12.1 Å². The predicted octanol–water partition coefficient (Wildman–Crippen LogP) is 1.27. The van der Waals surface area contributed by atoms with E-state index in [2.05, 4.69) is 4.90 Å². The van der Waals surface area contributed by atoms with Crippen molar-refractivity contribution in [3.8, 4) is 11.5 Å². The van der Waals surface area contributed by atoms with Gasteiger partial charge in [-0.15, -0.1) is 0 Å². The van der Waals surface area contributed by atoms with E-state index in [1.165, 1.54) is 6.07 Å². The number of likely N-dealkylation sites (tertiary alicyclic amines) is 1. The Labute approximate surface area is 101 Å². The second-order valence-electron chi connectivity index (χ2n) is 4.65. The lowest BCUT2D eigenvalue weighted by Gasteiger charge is -2.32. The van der Waals surface area contributed by atoms with Crippen LogP contribution in [0.5, 0.6) is 11.5 Å². The van der Waals surface area contributed by atoms with Gasteiger partial charge in [0.15, 0.2) is 0 Å². The largest absolute Gasteiger partial charge is 0.508 e. The van der Waals surface area contributed by atoms with Gasteiger partial charge in [0, 0.05) is 19.2 Å². The molecule has 0 saturated carbocycles. The van der Waals surface area contributed by atoms with Gasteiger partial charge in [0.05, 0.1) is 6.61 Å². The zero-order chi connectivity index (χ0) is 12.3. The summed E-state index contributed by atoms with van der Waals surface area (Å²) in [5, 5.41) is 27.9. The summed E-state index contributed by atoms with van der Waals surface area (Å²) in [4.78, 5) is 2.22. The third-order valence-electron chi connectivity index (χ3n) is 3.32. The quantitative estimate of drug-likeness (QED) is 0.740. The van der Waals surface area contributed by atoms with Crippen LogP contribution in [0.3, 0.4) is 0 Å². The Morgan fingerprint density at radius 1 is 1.18 bits per heavy atom. The van der Waals surface area contributed by atoms with Gasteiger partial charge in [-0.25, -0.2) is 0 Å². The van der Waals surface area contributed by atoms with Crippen molar-refractivity contribution in [2.24, 2.45) is 0 Å². The summed E-state index contributed by atoms with van der Waals surface area (Å²) in [5.74, 6) is 0.548. The maximum absolute atomic E-state index is 9.48. The van der Waals surface area contributed by atoms with Gasteiger partial charge in [0.1, 0.15) is 11.5 Å². The molecule has 1 heterocycles. The van der Waals surface area contributed by atoms with Crippen LogP contribution in [0.4, 0.5) is 0 Å². The van der Waals surface area contributed by atoms with Crippen molar-refractivity contribution in [2.45, 2.75) is 18.8 Å². The van der Waals surface area contributed by atoms with Gasteiger partial charge in [-0.3, -0.25) is 0 Å². The van der Waals surface area contributed by atoms with Crippen molar-refractivity contribution in [3.63, 3.8) is 0 Å². The number of hydrogen-bond donors (Lipinski definition) is 3. The van der Waals surface area contributed by atoms with E-state index in [4.69, 9.17) is 5.11 Å². The van der Waals surface area contributed by atoms with Crippen LogP contribution in [0, 0.1) is 0 Å². The number of aliphatic hydroxyl groups is 1. The minimum absolute atomic E-state index is 0.110. The Hall–Kier alpha value is -1.26. The second-order valence-corrected chi connectivity index (χ2v) is 4.65. The second kappa shape index (κ2) is 5.38. The highest BCUT2D eigenvalue weighted by Gasteiger charge is 2.21. The van der Waals surface area contributed by atoms with E-state index in [1.807, 2.05) is 0 Å². The molecule has 2 rings (SSSR count). The van der Waals surface area contributed by atoms with Crippen LogP contribution < -0.4 is 0 Å². The van der Waals surface area contributed by atoms with Crippen LogP contribution in [0.2, 0.25) is 0 Å². The molecule has 4 heteroatoms. The molecule has 1 unspecified atom stereocenters. The Kier molecular flexibility index (Phi) is 3.86. The maximum Gasteiger partial charge on any atom is 0.119 e. The normalized spacial score (nSPS) is 21.6. The highest BCUT2D eigenvalue weighted by Crippen LogP contribution is 2.31. The fourth-order valence-corrected chi connectivity index (χ4v) is 2.53. The topological polar surface area (TPSA) is 63.9 Å². The minimum Gasteiger partial charge on any atom is -0.508 e. The van der Waals surface area contributed by atoms with Crippen LogP contribution in [0.15, 0.2) is 18.2 Å². The maximum atomic E-state index is 9.48. The first-order chi connectivity index (χ1) is 8.19. The zero-order valence-corrected chi connectivity index (χ0v) is 9.84. The first-order valence-corrected chi connectivity index (χ1v) is 6.05. The Morgan fingerprint density at radius 2 is 1.88 bits per heavy atom. The smallest absolute Gasteiger partial charge is 0.119 e. The molecule has 1 saturated heterocycles. The summed E-state index contributed by atoms with van der Waals surface area (Å²) >= 11 is 0. The molecule has 0 aromatic heterocycles. The average molecular weight is 237 g/mol. The van der Waals surface area contributed by atoms with Crippen LogP contribution in [0.25, 0.3) is 0 Å². The summed E-state index contributed by atoms with van der Waals surface area (Å²) in [5.41, 5.74) is 0.977. The van der Waals surface area contributed by atoms with Gasteiger partial charge in [-0.1, -0.05) is 0 Å². The molecule has 3 N–H and O–H groups in total. The Bertz CT molecular complexity index is 359. The number of phenols is 2. The highest BCUT2D eigenvalue weighted by molar-refractivity contribution is 5.38. The summed E-state index contributed by atoms with van der Waals surface area (Å²) in [7, 11) is 0. The van der Waals surface area contributed by atoms with Crippen LogP contribution in [0.1, 0.15) is 24.3 Å². The molecule has 1 aliphatic heterocycles. The van der Waals surface area contributed by atoms with Gasteiger partial charge in [0.25, 0.3) is 0 Å². The predicted molar refractivity (Wildman–Crippen MR) is 65.3 cm³/mol. The molecule has 1 aliphatic rings. The zero-order valence-electron chi connectivity index (χ0n) is 9.84. The fourth-order valence-electron chi connectivity index (χ4n) is 2.53.